The van der Waals surface area contributed by atoms with Crippen molar-refractivity contribution in [2.24, 2.45) is 10.7 Å². The van der Waals surface area contributed by atoms with Crippen LogP contribution in [-0.2, 0) is 24.9 Å². The van der Waals surface area contributed by atoms with Crippen molar-refractivity contribution in [3.63, 3.8) is 0 Å². The minimum Gasteiger partial charge on any atom is -0.370 e. The third-order valence-electron chi connectivity index (χ3n) is 6.71. The molecule has 4 aromatic carbocycles. The Morgan fingerprint density at radius 3 is 1.94 bits per heavy atom. The topological polar surface area (TPSA) is 41.6 Å². The normalized spacial score (nSPS) is 11.8. The maximum Gasteiger partial charge on any atom is 0.192 e. The fourth-order valence-corrected chi connectivity index (χ4v) is 4.72. The van der Waals surface area contributed by atoms with Gasteiger partial charge in [0.2, 0.25) is 0 Å². The van der Waals surface area contributed by atoms with Crippen LogP contribution in [0.2, 0.25) is 0 Å². The van der Waals surface area contributed by atoms with E-state index in [-0.39, 0.29) is 0 Å². The van der Waals surface area contributed by atoms with E-state index >= 15 is 0 Å². The first-order chi connectivity index (χ1) is 17.6. The van der Waals surface area contributed by atoms with Crippen molar-refractivity contribution >= 4 is 5.96 Å². The number of hydrogen-bond donors (Lipinski definition) is 1. The first kappa shape index (κ1) is 25.0. The van der Waals surface area contributed by atoms with Gasteiger partial charge in [0.1, 0.15) is 5.54 Å². The largest absolute Gasteiger partial charge is 0.370 e. The standard InChI is InChI=1S/C33H35N3/c1-4-28-17-12-13-18-29(28)24-26-15-14-16-27(23-26)25-36(3)32(34)35-33(5-2,30-19-8-6-9-20-30)31-21-10-7-11-22-31/h5-23H,2,4,24-25H2,1,3H3,(H2,34,35). The lowest BCUT2D eigenvalue weighted by molar-refractivity contribution is 0.483. The maximum absolute atomic E-state index is 6.63. The predicted molar refractivity (Wildman–Crippen MR) is 152 cm³/mol. The number of hydrogen-bond acceptors (Lipinski definition) is 1. The molecule has 0 aliphatic heterocycles. The Labute approximate surface area is 215 Å². The van der Waals surface area contributed by atoms with Crippen molar-refractivity contribution in [3.05, 3.63) is 155 Å². The van der Waals surface area contributed by atoms with Crippen LogP contribution in [0.1, 0.15) is 40.3 Å². The summed E-state index contributed by atoms with van der Waals surface area (Å²) in [5.74, 6) is 0.462. The second kappa shape index (κ2) is 11.5. The van der Waals surface area contributed by atoms with Crippen LogP contribution in [0.4, 0.5) is 0 Å². The van der Waals surface area contributed by atoms with E-state index in [1.54, 1.807) is 0 Å². The highest BCUT2D eigenvalue weighted by Crippen LogP contribution is 2.35. The molecule has 0 saturated carbocycles. The van der Waals surface area contributed by atoms with Crippen LogP contribution in [0.25, 0.3) is 0 Å². The zero-order valence-corrected chi connectivity index (χ0v) is 21.3. The molecule has 0 saturated heterocycles. The molecule has 0 fully saturated rings. The lowest BCUT2D eigenvalue weighted by Crippen LogP contribution is -2.37. The van der Waals surface area contributed by atoms with Crippen molar-refractivity contribution in [2.75, 3.05) is 7.05 Å². The van der Waals surface area contributed by atoms with E-state index in [4.69, 9.17) is 10.7 Å². The third kappa shape index (κ3) is 5.58. The average molecular weight is 474 g/mol. The number of benzene rings is 4. The SMILES string of the molecule is C=CC(N=C(N)N(C)Cc1cccc(Cc2ccccc2CC)c1)(c1ccccc1)c1ccccc1. The van der Waals surface area contributed by atoms with Gasteiger partial charge in [-0.15, -0.1) is 0 Å². The monoisotopic (exact) mass is 473 g/mol. The van der Waals surface area contributed by atoms with Gasteiger partial charge in [0.15, 0.2) is 5.96 Å². The first-order valence-corrected chi connectivity index (χ1v) is 12.5. The van der Waals surface area contributed by atoms with Gasteiger partial charge in [-0.1, -0.05) is 129 Å². The number of aliphatic imine (C=N–C) groups is 1. The lowest BCUT2D eigenvalue weighted by Gasteiger charge is -2.30. The zero-order valence-electron chi connectivity index (χ0n) is 21.3. The Bertz CT molecular complexity index is 1270. The number of nitrogens with zero attached hydrogens (tertiary/aromatic N) is 2. The Balaban J connectivity index is 1.60. The van der Waals surface area contributed by atoms with Gasteiger partial charge < -0.3 is 10.6 Å². The molecule has 0 atom stereocenters. The van der Waals surface area contributed by atoms with E-state index < -0.39 is 5.54 Å². The summed E-state index contributed by atoms with van der Waals surface area (Å²) >= 11 is 0. The lowest BCUT2D eigenvalue weighted by atomic mass is 9.83. The molecule has 4 aromatic rings. The van der Waals surface area contributed by atoms with Crippen molar-refractivity contribution in [2.45, 2.75) is 31.8 Å². The highest BCUT2D eigenvalue weighted by Gasteiger charge is 2.31. The molecule has 3 nitrogen and oxygen atoms in total. The zero-order chi connectivity index (χ0) is 25.4. The molecule has 3 heteroatoms. The smallest absolute Gasteiger partial charge is 0.192 e. The minimum absolute atomic E-state index is 0.462. The summed E-state index contributed by atoms with van der Waals surface area (Å²) in [5.41, 5.74) is 13.2. The summed E-state index contributed by atoms with van der Waals surface area (Å²) in [6.45, 7) is 7.04. The van der Waals surface area contributed by atoms with Gasteiger partial charge in [0.25, 0.3) is 0 Å². The molecule has 0 spiro atoms. The second-order valence-electron chi connectivity index (χ2n) is 9.15. The van der Waals surface area contributed by atoms with Crippen LogP contribution in [0.5, 0.6) is 0 Å². The van der Waals surface area contributed by atoms with E-state index in [9.17, 15) is 0 Å². The van der Waals surface area contributed by atoms with Gasteiger partial charge in [-0.2, -0.15) is 0 Å². The van der Waals surface area contributed by atoms with E-state index in [1.165, 1.54) is 22.3 Å². The number of rotatable bonds is 9. The van der Waals surface area contributed by atoms with Crippen molar-refractivity contribution in [3.8, 4) is 0 Å². The first-order valence-electron chi connectivity index (χ1n) is 12.5. The maximum atomic E-state index is 6.63. The Kier molecular flexibility index (Phi) is 8.02. The molecule has 2 N–H and O–H groups in total. The molecule has 182 valence electrons. The molecule has 0 heterocycles. The average Bonchev–Trinajstić information content (AvgIpc) is 2.93. The quantitative estimate of drug-likeness (QED) is 0.167. The van der Waals surface area contributed by atoms with Crippen molar-refractivity contribution < 1.29 is 0 Å². The van der Waals surface area contributed by atoms with Gasteiger partial charge in [-0.05, 0) is 46.2 Å². The van der Waals surface area contributed by atoms with E-state index in [0.29, 0.717) is 12.5 Å². The molecular formula is C33H35N3. The molecular weight excluding hydrogens is 438 g/mol. The highest BCUT2D eigenvalue weighted by molar-refractivity contribution is 5.79. The third-order valence-corrected chi connectivity index (χ3v) is 6.71. The molecule has 4 rings (SSSR count). The summed E-state index contributed by atoms with van der Waals surface area (Å²) in [6, 6.07) is 37.8. The van der Waals surface area contributed by atoms with Crippen LogP contribution >= 0.6 is 0 Å². The molecule has 0 radical (unpaired) electrons. The second-order valence-corrected chi connectivity index (χ2v) is 9.15. The number of nitrogens with two attached hydrogens (primary N) is 1. The Hall–Kier alpha value is -4.11. The number of guanidine groups is 1. The summed E-state index contributed by atoms with van der Waals surface area (Å²) in [5, 5.41) is 0. The molecule has 0 amide bonds. The van der Waals surface area contributed by atoms with E-state index in [2.05, 4.69) is 86.3 Å². The van der Waals surface area contributed by atoms with Gasteiger partial charge in [-0.25, -0.2) is 4.99 Å². The highest BCUT2D eigenvalue weighted by atomic mass is 15.2. The van der Waals surface area contributed by atoms with Crippen LogP contribution in [-0.4, -0.2) is 17.9 Å². The molecule has 0 bridgehead atoms. The molecule has 0 aromatic heterocycles. The van der Waals surface area contributed by atoms with Crippen LogP contribution in [0, 0.1) is 0 Å². The molecule has 0 aliphatic carbocycles. The molecule has 0 unspecified atom stereocenters. The fourth-order valence-electron chi connectivity index (χ4n) is 4.72. The van der Waals surface area contributed by atoms with Gasteiger partial charge in [-0.3, -0.25) is 0 Å². The van der Waals surface area contributed by atoms with Crippen molar-refractivity contribution in [1.29, 1.82) is 0 Å². The Morgan fingerprint density at radius 1 is 0.806 bits per heavy atom. The summed E-state index contributed by atoms with van der Waals surface area (Å²) in [4.78, 5) is 7.08. The van der Waals surface area contributed by atoms with E-state index in [0.717, 1.165) is 24.0 Å². The van der Waals surface area contributed by atoms with Gasteiger partial charge in [0, 0.05) is 13.6 Å². The molecule has 0 aliphatic rings. The van der Waals surface area contributed by atoms with Gasteiger partial charge in [0.05, 0.1) is 0 Å². The minimum atomic E-state index is -0.771. The fraction of sp³-hybridized carbons (Fsp3) is 0.182. The number of aryl methyl sites for hydroxylation is 1. The summed E-state index contributed by atoms with van der Waals surface area (Å²) in [6.07, 6.45) is 3.84. The predicted octanol–water partition coefficient (Wildman–Crippen LogP) is 6.72. The van der Waals surface area contributed by atoms with Crippen LogP contribution in [0.15, 0.2) is 127 Å². The van der Waals surface area contributed by atoms with E-state index in [1.807, 2.05) is 54.4 Å². The summed E-state index contributed by atoms with van der Waals surface area (Å²) < 4.78 is 0. The van der Waals surface area contributed by atoms with Gasteiger partial charge >= 0.3 is 0 Å². The van der Waals surface area contributed by atoms with Crippen molar-refractivity contribution in [1.82, 2.24) is 4.90 Å². The van der Waals surface area contributed by atoms with Crippen LogP contribution in [0.3, 0.4) is 0 Å². The molecule has 36 heavy (non-hydrogen) atoms. The van der Waals surface area contributed by atoms with Crippen LogP contribution < -0.4 is 5.73 Å². The Morgan fingerprint density at radius 2 is 1.36 bits per heavy atom. The summed E-state index contributed by atoms with van der Waals surface area (Å²) in [7, 11) is 1.99.